The summed E-state index contributed by atoms with van der Waals surface area (Å²) in [7, 11) is 0. The Hall–Kier alpha value is -0.120. The van der Waals surface area contributed by atoms with Crippen LogP contribution in [0.3, 0.4) is 0 Å². The molecule has 0 radical (unpaired) electrons. The molecule has 0 spiro atoms. The normalized spacial score (nSPS) is 13.8. The first-order chi connectivity index (χ1) is 5.74. The molecular formula is C9H22N2O. The largest absolute Gasteiger partial charge is 0.390 e. The standard InChI is InChI=1S/C9H22N2O/c1-4-10-7-9(12)8-11(5-2)6-3/h9-10,12H,4-8H2,1-3H3. The van der Waals surface area contributed by atoms with Crippen LogP contribution in [0.15, 0.2) is 0 Å². The lowest BCUT2D eigenvalue weighted by atomic mass is 10.3. The number of nitrogens with one attached hydrogen (secondary N) is 1. The van der Waals surface area contributed by atoms with Crippen molar-refractivity contribution in [3.05, 3.63) is 0 Å². The van der Waals surface area contributed by atoms with Crippen LogP contribution in [0.5, 0.6) is 0 Å². The summed E-state index contributed by atoms with van der Waals surface area (Å²) in [4.78, 5) is 2.22. The van der Waals surface area contributed by atoms with E-state index in [1.165, 1.54) is 0 Å². The lowest BCUT2D eigenvalue weighted by molar-refractivity contribution is 0.117. The second kappa shape index (κ2) is 7.53. The van der Waals surface area contributed by atoms with Crippen molar-refractivity contribution in [2.45, 2.75) is 26.9 Å². The Labute approximate surface area is 75.8 Å². The zero-order valence-electron chi connectivity index (χ0n) is 8.51. The molecule has 0 aliphatic carbocycles. The molecule has 0 rings (SSSR count). The predicted molar refractivity (Wildman–Crippen MR) is 52.3 cm³/mol. The number of nitrogens with zero attached hydrogens (tertiary/aromatic N) is 1. The molecule has 0 amide bonds. The second-order valence-corrected chi connectivity index (χ2v) is 2.95. The van der Waals surface area contributed by atoms with E-state index in [1.807, 2.05) is 6.92 Å². The monoisotopic (exact) mass is 174 g/mol. The SMILES string of the molecule is CCNCC(O)CN(CC)CC. The summed E-state index contributed by atoms with van der Waals surface area (Å²) in [5.74, 6) is 0. The zero-order valence-corrected chi connectivity index (χ0v) is 8.51. The fraction of sp³-hybridized carbons (Fsp3) is 1.00. The van der Waals surface area contributed by atoms with Gasteiger partial charge in [-0.05, 0) is 19.6 Å². The predicted octanol–water partition coefficient (Wildman–Crippen LogP) is 0.299. The van der Waals surface area contributed by atoms with Gasteiger partial charge in [0.1, 0.15) is 0 Å². The molecule has 0 fully saturated rings. The molecule has 0 aromatic rings. The second-order valence-electron chi connectivity index (χ2n) is 2.95. The maximum absolute atomic E-state index is 9.51. The average molecular weight is 174 g/mol. The van der Waals surface area contributed by atoms with Gasteiger partial charge in [0.2, 0.25) is 0 Å². The Bertz CT molecular complexity index is 94.5. The van der Waals surface area contributed by atoms with E-state index in [4.69, 9.17) is 0 Å². The summed E-state index contributed by atoms with van der Waals surface area (Å²) in [5.41, 5.74) is 0. The Morgan fingerprint density at radius 1 is 1.25 bits per heavy atom. The van der Waals surface area contributed by atoms with E-state index < -0.39 is 0 Å². The summed E-state index contributed by atoms with van der Waals surface area (Å²) in [6.45, 7) is 10.7. The highest BCUT2D eigenvalue weighted by atomic mass is 16.3. The van der Waals surface area contributed by atoms with Crippen molar-refractivity contribution in [2.24, 2.45) is 0 Å². The molecule has 0 saturated carbocycles. The van der Waals surface area contributed by atoms with E-state index in [2.05, 4.69) is 24.1 Å². The molecule has 0 heterocycles. The van der Waals surface area contributed by atoms with E-state index >= 15 is 0 Å². The van der Waals surface area contributed by atoms with Gasteiger partial charge in [0.05, 0.1) is 6.10 Å². The topological polar surface area (TPSA) is 35.5 Å². The third-order valence-corrected chi connectivity index (χ3v) is 1.99. The minimum Gasteiger partial charge on any atom is -0.390 e. The van der Waals surface area contributed by atoms with Crippen LogP contribution < -0.4 is 5.32 Å². The van der Waals surface area contributed by atoms with Crippen molar-refractivity contribution >= 4 is 0 Å². The zero-order chi connectivity index (χ0) is 9.40. The van der Waals surface area contributed by atoms with Crippen LogP contribution in [0.2, 0.25) is 0 Å². The highest BCUT2D eigenvalue weighted by Crippen LogP contribution is 1.90. The Morgan fingerprint density at radius 2 is 1.83 bits per heavy atom. The Morgan fingerprint density at radius 3 is 2.25 bits per heavy atom. The fourth-order valence-corrected chi connectivity index (χ4v) is 1.16. The average Bonchev–Trinajstić information content (AvgIpc) is 2.10. The van der Waals surface area contributed by atoms with Crippen LogP contribution in [0, 0.1) is 0 Å². The number of aliphatic hydroxyl groups is 1. The molecule has 0 aliphatic heterocycles. The maximum Gasteiger partial charge on any atom is 0.0791 e. The van der Waals surface area contributed by atoms with Gasteiger partial charge in [-0.2, -0.15) is 0 Å². The van der Waals surface area contributed by atoms with Gasteiger partial charge in [0.25, 0.3) is 0 Å². The van der Waals surface area contributed by atoms with E-state index in [1.54, 1.807) is 0 Å². The van der Waals surface area contributed by atoms with Gasteiger partial charge in [-0.3, -0.25) is 0 Å². The lowest BCUT2D eigenvalue weighted by Crippen LogP contribution is -2.38. The third kappa shape index (κ3) is 5.52. The Balaban J connectivity index is 3.44. The summed E-state index contributed by atoms with van der Waals surface area (Å²) in [6, 6.07) is 0. The number of rotatable bonds is 7. The molecule has 74 valence electrons. The van der Waals surface area contributed by atoms with Crippen LogP contribution in [-0.4, -0.2) is 48.8 Å². The number of aliphatic hydroxyl groups excluding tert-OH is 1. The van der Waals surface area contributed by atoms with Crippen molar-refractivity contribution in [2.75, 3.05) is 32.7 Å². The lowest BCUT2D eigenvalue weighted by Gasteiger charge is -2.21. The molecular weight excluding hydrogens is 152 g/mol. The molecule has 0 bridgehead atoms. The van der Waals surface area contributed by atoms with Crippen LogP contribution >= 0.6 is 0 Å². The quantitative estimate of drug-likeness (QED) is 0.582. The van der Waals surface area contributed by atoms with Crippen LogP contribution in [0.1, 0.15) is 20.8 Å². The first-order valence-corrected chi connectivity index (χ1v) is 4.85. The van der Waals surface area contributed by atoms with Gasteiger partial charge in [0.15, 0.2) is 0 Å². The Kier molecular flexibility index (Phi) is 7.45. The third-order valence-electron chi connectivity index (χ3n) is 1.99. The number of hydrogen-bond acceptors (Lipinski definition) is 3. The molecule has 1 atom stereocenters. The van der Waals surface area contributed by atoms with E-state index in [-0.39, 0.29) is 6.10 Å². The number of likely N-dealkylation sites (N-methyl/N-ethyl adjacent to an activating group) is 2. The molecule has 3 nitrogen and oxygen atoms in total. The highest BCUT2D eigenvalue weighted by Gasteiger charge is 2.07. The minimum absolute atomic E-state index is 0.232. The summed E-state index contributed by atoms with van der Waals surface area (Å²) in [6.07, 6.45) is -0.232. The van der Waals surface area contributed by atoms with E-state index in [0.717, 1.165) is 26.2 Å². The first-order valence-electron chi connectivity index (χ1n) is 4.85. The van der Waals surface area contributed by atoms with Gasteiger partial charge in [-0.1, -0.05) is 20.8 Å². The first kappa shape index (κ1) is 11.9. The smallest absolute Gasteiger partial charge is 0.0791 e. The van der Waals surface area contributed by atoms with Gasteiger partial charge in [0, 0.05) is 13.1 Å². The van der Waals surface area contributed by atoms with Crippen molar-refractivity contribution < 1.29 is 5.11 Å². The summed E-state index contributed by atoms with van der Waals surface area (Å²) >= 11 is 0. The van der Waals surface area contributed by atoms with Crippen LogP contribution in [0.4, 0.5) is 0 Å². The molecule has 0 saturated heterocycles. The van der Waals surface area contributed by atoms with Crippen LogP contribution in [0.25, 0.3) is 0 Å². The highest BCUT2D eigenvalue weighted by molar-refractivity contribution is 4.64. The molecule has 0 aliphatic rings. The molecule has 12 heavy (non-hydrogen) atoms. The molecule has 3 heteroatoms. The van der Waals surface area contributed by atoms with Gasteiger partial charge >= 0.3 is 0 Å². The summed E-state index contributed by atoms with van der Waals surface area (Å²) in [5, 5.41) is 12.6. The van der Waals surface area contributed by atoms with Crippen LogP contribution in [-0.2, 0) is 0 Å². The molecule has 0 aromatic carbocycles. The fourth-order valence-electron chi connectivity index (χ4n) is 1.16. The van der Waals surface area contributed by atoms with E-state index in [0.29, 0.717) is 6.54 Å². The van der Waals surface area contributed by atoms with Gasteiger partial charge in [-0.15, -0.1) is 0 Å². The van der Waals surface area contributed by atoms with Gasteiger partial charge in [-0.25, -0.2) is 0 Å². The van der Waals surface area contributed by atoms with Crippen molar-refractivity contribution in [3.8, 4) is 0 Å². The molecule has 2 N–H and O–H groups in total. The van der Waals surface area contributed by atoms with Crippen molar-refractivity contribution in [1.82, 2.24) is 10.2 Å². The van der Waals surface area contributed by atoms with E-state index in [9.17, 15) is 5.11 Å². The summed E-state index contributed by atoms with van der Waals surface area (Å²) < 4.78 is 0. The number of hydrogen-bond donors (Lipinski definition) is 2. The maximum atomic E-state index is 9.51. The van der Waals surface area contributed by atoms with Crippen molar-refractivity contribution in [1.29, 1.82) is 0 Å². The van der Waals surface area contributed by atoms with Gasteiger partial charge < -0.3 is 15.3 Å². The molecule has 0 aromatic heterocycles. The molecule has 1 unspecified atom stereocenters. The van der Waals surface area contributed by atoms with Crippen molar-refractivity contribution in [3.63, 3.8) is 0 Å². The minimum atomic E-state index is -0.232.